The molecular weight excluding hydrogens is 188 g/mol. The molecule has 0 aliphatic carbocycles. The van der Waals surface area contributed by atoms with Crippen molar-refractivity contribution in [1.29, 1.82) is 0 Å². The summed E-state index contributed by atoms with van der Waals surface area (Å²) >= 11 is 0. The summed E-state index contributed by atoms with van der Waals surface area (Å²) in [6, 6.07) is 0. The average Bonchev–Trinajstić information content (AvgIpc) is 2.18. The van der Waals surface area contributed by atoms with Gasteiger partial charge in [-0.3, -0.25) is 9.59 Å². The van der Waals surface area contributed by atoms with Gasteiger partial charge in [0.2, 0.25) is 0 Å². The van der Waals surface area contributed by atoms with Crippen LogP contribution in [0.25, 0.3) is 0 Å². The Bertz CT molecular complexity index is 191. The smallest absolute Gasteiger partial charge is 0.143 e. The maximum Gasteiger partial charge on any atom is 0.143 e. The lowest BCUT2D eigenvalue weighted by Gasteiger charge is -2.20. The third-order valence-corrected chi connectivity index (χ3v) is 2.90. The van der Waals surface area contributed by atoms with Crippen molar-refractivity contribution >= 4 is 11.6 Å². The molecule has 0 spiro atoms. The van der Waals surface area contributed by atoms with E-state index in [0.29, 0.717) is 12.8 Å². The molecule has 2 heteroatoms. The summed E-state index contributed by atoms with van der Waals surface area (Å²) in [7, 11) is 0. The van der Waals surface area contributed by atoms with Crippen molar-refractivity contribution in [1.82, 2.24) is 0 Å². The molecule has 0 fully saturated rings. The van der Waals surface area contributed by atoms with E-state index in [1.807, 2.05) is 27.7 Å². The first kappa shape index (κ1) is 14.3. The molecule has 0 rings (SSSR count). The van der Waals surface area contributed by atoms with E-state index in [1.165, 1.54) is 0 Å². The Balaban J connectivity index is 4.56. The number of carbonyl (C=O) groups is 2. The molecule has 0 heterocycles. The van der Waals surface area contributed by atoms with Crippen LogP contribution in [0.15, 0.2) is 0 Å². The lowest BCUT2D eigenvalue weighted by molar-refractivity contribution is -0.135. The molecule has 1 unspecified atom stereocenters. The van der Waals surface area contributed by atoms with Crippen molar-refractivity contribution in [3.05, 3.63) is 0 Å². The largest absolute Gasteiger partial charge is 0.299 e. The molecular formula is C13H24O2. The second-order valence-corrected chi connectivity index (χ2v) is 4.30. The van der Waals surface area contributed by atoms with Crippen molar-refractivity contribution in [3.8, 4) is 0 Å². The van der Waals surface area contributed by atoms with E-state index in [-0.39, 0.29) is 23.4 Å². The summed E-state index contributed by atoms with van der Waals surface area (Å²) in [6.07, 6.45) is 3.67. The van der Waals surface area contributed by atoms with Crippen LogP contribution in [-0.4, -0.2) is 11.6 Å². The zero-order valence-corrected chi connectivity index (χ0v) is 10.5. The van der Waals surface area contributed by atoms with E-state index in [0.717, 1.165) is 19.3 Å². The summed E-state index contributed by atoms with van der Waals surface area (Å²) < 4.78 is 0. The first-order valence-electron chi connectivity index (χ1n) is 6.13. The third kappa shape index (κ3) is 4.59. The average molecular weight is 212 g/mol. The van der Waals surface area contributed by atoms with E-state index in [9.17, 15) is 9.59 Å². The molecule has 0 aliphatic rings. The first-order valence-corrected chi connectivity index (χ1v) is 6.13. The maximum atomic E-state index is 11.8. The number of hydrogen-bond donors (Lipinski definition) is 0. The predicted octanol–water partition coefficient (Wildman–Crippen LogP) is 3.39. The predicted molar refractivity (Wildman–Crippen MR) is 62.8 cm³/mol. The molecule has 0 radical (unpaired) electrons. The molecule has 1 atom stereocenters. The highest BCUT2D eigenvalue weighted by molar-refractivity contribution is 6.02. The van der Waals surface area contributed by atoms with Gasteiger partial charge in [0, 0.05) is 12.8 Å². The van der Waals surface area contributed by atoms with Gasteiger partial charge in [0.05, 0.1) is 5.92 Å². The quantitative estimate of drug-likeness (QED) is 0.578. The van der Waals surface area contributed by atoms with Crippen molar-refractivity contribution < 1.29 is 9.59 Å². The Kier molecular flexibility index (Phi) is 7.27. The molecule has 2 nitrogen and oxygen atoms in total. The van der Waals surface area contributed by atoms with Crippen molar-refractivity contribution in [2.75, 3.05) is 0 Å². The van der Waals surface area contributed by atoms with Gasteiger partial charge >= 0.3 is 0 Å². The Morgan fingerprint density at radius 2 is 1.33 bits per heavy atom. The highest BCUT2D eigenvalue weighted by atomic mass is 16.1. The van der Waals surface area contributed by atoms with Gasteiger partial charge in [-0.1, -0.05) is 34.1 Å². The minimum absolute atomic E-state index is 0.144. The number of hydrogen-bond acceptors (Lipinski definition) is 2. The van der Waals surface area contributed by atoms with Gasteiger partial charge in [0.15, 0.2) is 0 Å². The fourth-order valence-corrected chi connectivity index (χ4v) is 1.85. The summed E-state index contributed by atoms with van der Waals surface area (Å²) in [4.78, 5) is 23.7. The molecule has 0 saturated carbocycles. The normalized spacial score (nSPS) is 12.9. The molecule has 0 bridgehead atoms. The third-order valence-electron chi connectivity index (χ3n) is 2.90. The Labute approximate surface area is 93.4 Å². The SMILES string of the molecule is CCCC(=O)C(C(=O)CCC)C(C)CC. The van der Waals surface area contributed by atoms with Crippen LogP contribution in [0.2, 0.25) is 0 Å². The highest BCUT2D eigenvalue weighted by Crippen LogP contribution is 2.21. The van der Waals surface area contributed by atoms with Crippen molar-refractivity contribution in [3.63, 3.8) is 0 Å². The van der Waals surface area contributed by atoms with Crippen LogP contribution in [0.4, 0.5) is 0 Å². The molecule has 0 amide bonds. The standard InChI is InChI=1S/C13H24O2/c1-5-8-11(14)13(10(4)7-3)12(15)9-6-2/h10,13H,5-9H2,1-4H3. The zero-order chi connectivity index (χ0) is 11.8. The van der Waals surface area contributed by atoms with Crippen LogP contribution in [0, 0.1) is 11.8 Å². The maximum absolute atomic E-state index is 11.8. The molecule has 88 valence electrons. The lowest BCUT2D eigenvalue weighted by Crippen LogP contribution is -2.29. The van der Waals surface area contributed by atoms with Crippen LogP contribution in [-0.2, 0) is 9.59 Å². The van der Waals surface area contributed by atoms with E-state index in [1.54, 1.807) is 0 Å². The highest BCUT2D eigenvalue weighted by Gasteiger charge is 2.29. The van der Waals surface area contributed by atoms with Crippen LogP contribution in [0.5, 0.6) is 0 Å². The van der Waals surface area contributed by atoms with Gasteiger partial charge in [0.25, 0.3) is 0 Å². The van der Waals surface area contributed by atoms with Gasteiger partial charge in [0.1, 0.15) is 11.6 Å². The molecule has 0 aromatic heterocycles. The van der Waals surface area contributed by atoms with Crippen LogP contribution in [0.3, 0.4) is 0 Å². The Hall–Kier alpha value is -0.660. The number of ketones is 2. The molecule has 0 N–H and O–H groups in total. The van der Waals surface area contributed by atoms with E-state index in [4.69, 9.17) is 0 Å². The van der Waals surface area contributed by atoms with Gasteiger partial charge in [-0.05, 0) is 18.8 Å². The fourth-order valence-electron chi connectivity index (χ4n) is 1.85. The van der Waals surface area contributed by atoms with E-state index >= 15 is 0 Å². The van der Waals surface area contributed by atoms with Gasteiger partial charge in [-0.2, -0.15) is 0 Å². The lowest BCUT2D eigenvalue weighted by atomic mass is 9.82. The van der Waals surface area contributed by atoms with Crippen LogP contribution in [0.1, 0.15) is 59.8 Å². The topological polar surface area (TPSA) is 34.1 Å². The monoisotopic (exact) mass is 212 g/mol. The molecule has 0 aliphatic heterocycles. The van der Waals surface area contributed by atoms with E-state index in [2.05, 4.69) is 0 Å². The number of rotatable bonds is 8. The summed E-state index contributed by atoms with van der Waals surface area (Å²) in [6.45, 7) is 8.01. The zero-order valence-electron chi connectivity index (χ0n) is 10.5. The minimum atomic E-state index is -0.338. The molecule has 0 saturated heterocycles. The second kappa shape index (κ2) is 7.61. The minimum Gasteiger partial charge on any atom is -0.299 e. The number of Topliss-reactive ketones (excluding diaryl/α,β-unsaturated/α-hetero) is 2. The number of carbonyl (C=O) groups excluding carboxylic acids is 2. The van der Waals surface area contributed by atoms with Gasteiger partial charge < -0.3 is 0 Å². The summed E-state index contributed by atoms with van der Waals surface area (Å²) in [5, 5.41) is 0. The molecule has 15 heavy (non-hydrogen) atoms. The summed E-state index contributed by atoms with van der Waals surface area (Å²) in [5.74, 6) is 0.147. The van der Waals surface area contributed by atoms with Crippen LogP contribution < -0.4 is 0 Å². The molecule has 0 aromatic rings. The molecule has 0 aromatic carbocycles. The Morgan fingerprint density at radius 1 is 0.933 bits per heavy atom. The van der Waals surface area contributed by atoms with Crippen molar-refractivity contribution in [2.24, 2.45) is 11.8 Å². The fraction of sp³-hybridized carbons (Fsp3) is 0.846. The van der Waals surface area contributed by atoms with Crippen LogP contribution >= 0.6 is 0 Å². The van der Waals surface area contributed by atoms with Gasteiger partial charge in [-0.25, -0.2) is 0 Å². The first-order chi connectivity index (χ1) is 7.08. The van der Waals surface area contributed by atoms with Gasteiger partial charge in [-0.15, -0.1) is 0 Å². The second-order valence-electron chi connectivity index (χ2n) is 4.30. The Morgan fingerprint density at radius 3 is 1.60 bits per heavy atom. The van der Waals surface area contributed by atoms with E-state index < -0.39 is 0 Å². The summed E-state index contributed by atoms with van der Waals surface area (Å²) in [5.41, 5.74) is 0. The van der Waals surface area contributed by atoms with Crippen molar-refractivity contribution in [2.45, 2.75) is 59.8 Å².